The van der Waals surface area contributed by atoms with Crippen LogP contribution in [0.3, 0.4) is 0 Å². The number of para-hydroxylation sites is 1. The number of thioether (sulfide) groups is 2. The van der Waals surface area contributed by atoms with Crippen LogP contribution in [-0.4, -0.2) is 66.0 Å². The van der Waals surface area contributed by atoms with Gasteiger partial charge in [0.1, 0.15) is 33.9 Å². The van der Waals surface area contributed by atoms with Gasteiger partial charge in [-0.2, -0.15) is 0 Å². The summed E-state index contributed by atoms with van der Waals surface area (Å²) in [6.45, 7) is 2.07. The Hall–Kier alpha value is -3.39. The van der Waals surface area contributed by atoms with Gasteiger partial charge in [0.25, 0.3) is 5.91 Å². The van der Waals surface area contributed by atoms with Gasteiger partial charge in [0.15, 0.2) is 4.34 Å². The maximum Gasteiger partial charge on any atom is 0.352 e. The third-order valence-electron chi connectivity index (χ3n) is 6.31. The van der Waals surface area contributed by atoms with Crippen LogP contribution in [0.5, 0.6) is 5.75 Å². The number of β-lactam (4-membered cyclic amide) rings is 1. The smallest absolute Gasteiger partial charge is 0.352 e. The molecule has 2 aliphatic heterocycles. The molecule has 2 aromatic carbocycles. The molecule has 13 heteroatoms. The molecule has 0 spiro atoms. The first-order chi connectivity index (χ1) is 18.8. The van der Waals surface area contributed by atoms with Crippen LogP contribution >= 0.6 is 34.9 Å². The van der Waals surface area contributed by atoms with Gasteiger partial charge >= 0.3 is 5.97 Å². The molecule has 202 valence electrons. The lowest BCUT2D eigenvalue weighted by Crippen LogP contribution is -2.71. The first kappa shape index (κ1) is 27.2. The second kappa shape index (κ2) is 11.8. The molecule has 3 atom stereocenters. The highest BCUT2D eigenvalue weighted by atomic mass is 32.2. The molecular weight excluding hydrogens is 559 g/mol. The van der Waals surface area contributed by atoms with E-state index in [1.807, 2.05) is 25.1 Å². The molecule has 2 amide bonds. The fourth-order valence-electron chi connectivity index (χ4n) is 4.40. The van der Waals surface area contributed by atoms with E-state index in [2.05, 4.69) is 20.8 Å². The number of nitrogens with one attached hydrogen (secondary N) is 2. The lowest BCUT2D eigenvalue weighted by molar-refractivity contribution is -0.151. The summed E-state index contributed by atoms with van der Waals surface area (Å²) in [5.41, 5.74) is 1.93. The monoisotopic (exact) mass is 583 g/mol. The lowest BCUT2D eigenvalue weighted by atomic mass is 10.0. The number of carbonyl (C=O) groups excluding carboxylic acids is 2. The Labute approximate surface area is 236 Å². The van der Waals surface area contributed by atoms with Crippen molar-refractivity contribution >= 4 is 52.6 Å². The van der Waals surface area contributed by atoms with Gasteiger partial charge in [0.05, 0.1) is 0 Å². The van der Waals surface area contributed by atoms with E-state index < -0.39 is 35.2 Å². The predicted octanol–water partition coefficient (Wildman–Crippen LogP) is 2.91. The molecule has 4 N–H and O–H groups in total. The summed E-state index contributed by atoms with van der Waals surface area (Å²) >= 11 is 4.25. The van der Waals surface area contributed by atoms with Crippen molar-refractivity contribution in [2.75, 3.05) is 11.5 Å². The number of aromatic hydroxyl groups is 1. The number of hydrogen-bond acceptors (Lipinski definition) is 10. The molecule has 1 fully saturated rings. The Kier molecular flexibility index (Phi) is 8.21. The van der Waals surface area contributed by atoms with Gasteiger partial charge < -0.3 is 15.5 Å². The maximum absolute atomic E-state index is 13.5. The zero-order valence-corrected chi connectivity index (χ0v) is 23.2. The zero-order valence-electron chi connectivity index (χ0n) is 20.7. The number of aliphatic carboxylic acids is 1. The molecule has 0 saturated carbocycles. The van der Waals surface area contributed by atoms with Gasteiger partial charge in [0, 0.05) is 23.6 Å². The Morgan fingerprint density at radius 1 is 1.15 bits per heavy atom. The molecule has 0 bridgehead atoms. The number of fused-ring (bicyclic) bond motifs is 1. The number of amides is 2. The van der Waals surface area contributed by atoms with Crippen LogP contribution in [0.25, 0.3) is 0 Å². The molecule has 2 aliphatic rings. The van der Waals surface area contributed by atoms with E-state index in [0.29, 0.717) is 28.2 Å². The minimum atomic E-state index is -1.17. The largest absolute Gasteiger partial charge is 0.508 e. The molecule has 10 nitrogen and oxygen atoms in total. The molecule has 1 unspecified atom stereocenters. The first-order valence-electron chi connectivity index (χ1n) is 12.0. The van der Waals surface area contributed by atoms with Crippen molar-refractivity contribution in [3.05, 3.63) is 82.0 Å². The van der Waals surface area contributed by atoms with E-state index in [1.165, 1.54) is 39.8 Å². The Morgan fingerprint density at radius 2 is 1.90 bits per heavy atom. The normalized spacial score (nSPS) is 19.3. The molecule has 39 heavy (non-hydrogen) atoms. The summed E-state index contributed by atoms with van der Waals surface area (Å²) in [7, 11) is 0. The van der Waals surface area contributed by atoms with E-state index >= 15 is 0 Å². The quantitative estimate of drug-likeness (QED) is 0.208. The Balaban J connectivity index is 1.29. The number of carbonyl (C=O) groups is 3. The van der Waals surface area contributed by atoms with Gasteiger partial charge in [-0.05, 0) is 24.1 Å². The summed E-state index contributed by atoms with van der Waals surface area (Å²) in [5.74, 6) is -1.13. The summed E-state index contributed by atoms with van der Waals surface area (Å²) < 4.78 is 0.736. The molecule has 3 aromatic rings. The third-order valence-corrected chi connectivity index (χ3v) is 9.71. The van der Waals surface area contributed by atoms with Crippen molar-refractivity contribution in [1.29, 1.82) is 0 Å². The van der Waals surface area contributed by atoms with Crippen molar-refractivity contribution in [2.24, 2.45) is 0 Å². The van der Waals surface area contributed by atoms with Crippen LogP contribution in [0.1, 0.15) is 22.2 Å². The SMILES string of the molecule is Cc1nnc(SCC2=C(C(=O)O)N3C(=O)C(NC(=O)[C@@H](NCc4ccccc4O)c4ccccc4)[C@@H]3SC2)s1. The van der Waals surface area contributed by atoms with Gasteiger partial charge in [-0.15, -0.1) is 22.0 Å². The van der Waals surface area contributed by atoms with Crippen LogP contribution < -0.4 is 10.6 Å². The Bertz CT molecular complexity index is 1430. The van der Waals surface area contributed by atoms with E-state index in [4.69, 9.17) is 0 Å². The highest BCUT2D eigenvalue weighted by molar-refractivity contribution is 8.01. The van der Waals surface area contributed by atoms with Crippen molar-refractivity contribution in [3.8, 4) is 5.75 Å². The standard InChI is InChI=1S/C26H25N5O5S3/c1-14-29-30-26(39-14)38-13-17-12-37-24-20(23(34)31(24)21(17)25(35)36)28-22(33)19(15-7-3-2-4-8-15)27-11-16-9-5-6-10-18(16)32/h2-10,19-20,24,27,32H,11-13H2,1H3,(H,28,33)(H,35,36)/t19-,20?,24-/m0/s1. The third kappa shape index (κ3) is 5.81. The number of aryl methyl sites for hydroxylation is 1. The molecule has 1 saturated heterocycles. The van der Waals surface area contributed by atoms with Gasteiger partial charge in [-0.25, -0.2) is 4.79 Å². The summed E-state index contributed by atoms with van der Waals surface area (Å²) in [4.78, 5) is 40.1. The van der Waals surface area contributed by atoms with Gasteiger partial charge in [-0.1, -0.05) is 71.6 Å². The lowest BCUT2D eigenvalue weighted by Gasteiger charge is -2.49. The highest BCUT2D eigenvalue weighted by Crippen LogP contribution is 2.42. The number of rotatable bonds is 10. The summed E-state index contributed by atoms with van der Waals surface area (Å²) in [5, 5.41) is 34.4. The van der Waals surface area contributed by atoms with Crippen LogP contribution in [0.15, 0.2) is 70.2 Å². The number of phenolic OH excluding ortho intramolecular Hbond substituents is 1. The number of carboxylic acid groups (broad SMARTS) is 1. The number of aromatic nitrogens is 2. The maximum atomic E-state index is 13.5. The second-order valence-corrected chi connectivity index (χ2v) is 12.4. The first-order valence-corrected chi connectivity index (χ1v) is 14.9. The van der Waals surface area contributed by atoms with Crippen molar-refractivity contribution in [3.63, 3.8) is 0 Å². The molecule has 3 heterocycles. The average molecular weight is 584 g/mol. The van der Waals surface area contributed by atoms with Crippen molar-refractivity contribution in [2.45, 2.75) is 35.3 Å². The van der Waals surface area contributed by atoms with Crippen molar-refractivity contribution < 1.29 is 24.6 Å². The minimum Gasteiger partial charge on any atom is -0.508 e. The highest BCUT2D eigenvalue weighted by Gasteiger charge is 2.54. The fourth-order valence-corrected chi connectivity index (χ4v) is 7.70. The van der Waals surface area contributed by atoms with E-state index in [-0.39, 0.29) is 18.0 Å². The van der Waals surface area contributed by atoms with Gasteiger partial charge in [0.2, 0.25) is 5.91 Å². The topological polar surface area (TPSA) is 145 Å². The second-order valence-electron chi connectivity index (χ2n) is 8.88. The molecule has 5 rings (SSSR count). The molecule has 0 radical (unpaired) electrons. The van der Waals surface area contributed by atoms with E-state index in [0.717, 1.165) is 9.35 Å². The number of hydrogen-bond donors (Lipinski definition) is 4. The van der Waals surface area contributed by atoms with Crippen molar-refractivity contribution in [1.82, 2.24) is 25.7 Å². The molecule has 0 aliphatic carbocycles. The Morgan fingerprint density at radius 3 is 2.59 bits per heavy atom. The molecular formula is C26H25N5O5S3. The number of benzene rings is 2. The van der Waals surface area contributed by atoms with E-state index in [9.17, 15) is 24.6 Å². The van der Waals surface area contributed by atoms with Crippen LogP contribution in [0, 0.1) is 6.92 Å². The number of nitrogens with zero attached hydrogens (tertiary/aromatic N) is 3. The van der Waals surface area contributed by atoms with E-state index in [1.54, 1.807) is 36.4 Å². The predicted molar refractivity (Wildman–Crippen MR) is 149 cm³/mol. The summed E-state index contributed by atoms with van der Waals surface area (Å²) in [6, 6.07) is 14.3. The van der Waals surface area contributed by atoms with Gasteiger partial charge in [-0.3, -0.25) is 19.8 Å². The van der Waals surface area contributed by atoms with Crippen LogP contribution in [0.4, 0.5) is 0 Å². The number of phenols is 1. The van der Waals surface area contributed by atoms with Crippen LogP contribution in [-0.2, 0) is 20.9 Å². The summed E-state index contributed by atoms with van der Waals surface area (Å²) in [6.07, 6.45) is 0. The zero-order chi connectivity index (χ0) is 27.5. The molecule has 1 aromatic heterocycles. The minimum absolute atomic E-state index is 0.0275. The average Bonchev–Trinajstić information content (AvgIpc) is 3.36. The van der Waals surface area contributed by atoms with Crippen LogP contribution in [0.2, 0.25) is 0 Å². The number of carboxylic acids is 1. The fraction of sp³-hybridized carbons (Fsp3) is 0.269.